The first-order valence-corrected chi connectivity index (χ1v) is 6.69. The van der Waals surface area contributed by atoms with Crippen LogP contribution in [0.15, 0.2) is 22.7 Å². The second-order valence-corrected chi connectivity index (χ2v) is 5.59. The Balaban J connectivity index is 2.87. The summed E-state index contributed by atoms with van der Waals surface area (Å²) in [7, 11) is 0. The Hall–Kier alpha value is -1.56. The largest absolute Gasteiger partial charge is 0.480 e. The highest BCUT2D eigenvalue weighted by Gasteiger charge is 2.22. The summed E-state index contributed by atoms with van der Waals surface area (Å²) in [5.41, 5.74) is 6.40. The zero-order chi connectivity index (χ0) is 14.6. The third-order valence-corrected chi connectivity index (χ3v) is 3.24. The molecule has 0 aliphatic carbocycles. The molecule has 0 saturated heterocycles. The second-order valence-electron chi connectivity index (χ2n) is 4.73. The zero-order valence-electron chi connectivity index (χ0n) is 10.8. The van der Waals surface area contributed by atoms with Gasteiger partial charge in [0.05, 0.1) is 5.56 Å². The molecule has 1 rings (SSSR count). The van der Waals surface area contributed by atoms with E-state index < -0.39 is 17.9 Å². The number of rotatable bonds is 5. The van der Waals surface area contributed by atoms with Gasteiger partial charge >= 0.3 is 5.97 Å². The van der Waals surface area contributed by atoms with Crippen molar-refractivity contribution in [1.82, 2.24) is 5.32 Å². The smallest absolute Gasteiger partial charge is 0.326 e. The van der Waals surface area contributed by atoms with Gasteiger partial charge in [0.15, 0.2) is 0 Å². The van der Waals surface area contributed by atoms with Crippen molar-refractivity contribution in [2.75, 3.05) is 5.73 Å². The lowest BCUT2D eigenvalue weighted by atomic mass is 10.0. The molecule has 0 aliphatic heterocycles. The van der Waals surface area contributed by atoms with E-state index in [1.165, 1.54) is 6.07 Å². The standard InChI is InChI=1S/C13H17BrN2O3/c1-7(2)5-11(13(18)19)16-12(17)9-6-8(15)3-4-10(9)14/h3-4,6-7,11H,5,15H2,1-2H3,(H,16,17)(H,18,19). The molecule has 0 aromatic heterocycles. The van der Waals surface area contributed by atoms with E-state index in [1.807, 2.05) is 13.8 Å². The van der Waals surface area contributed by atoms with Crippen molar-refractivity contribution >= 4 is 33.5 Å². The Bertz CT molecular complexity index is 489. The predicted molar refractivity (Wildman–Crippen MR) is 76.9 cm³/mol. The van der Waals surface area contributed by atoms with Gasteiger partial charge in [-0.25, -0.2) is 4.79 Å². The minimum absolute atomic E-state index is 0.172. The summed E-state index contributed by atoms with van der Waals surface area (Å²) in [5.74, 6) is -1.32. The molecule has 19 heavy (non-hydrogen) atoms. The fourth-order valence-electron chi connectivity index (χ4n) is 1.65. The molecule has 1 unspecified atom stereocenters. The number of nitrogens with two attached hydrogens (primary N) is 1. The highest BCUT2D eigenvalue weighted by molar-refractivity contribution is 9.10. The molecule has 0 saturated carbocycles. The summed E-state index contributed by atoms with van der Waals surface area (Å²) in [6.45, 7) is 3.80. The molecule has 1 atom stereocenters. The average molecular weight is 329 g/mol. The molecule has 4 N–H and O–H groups in total. The van der Waals surface area contributed by atoms with Gasteiger partial charge in [-0.2, -0.15) is 0 Å². The lowest BCUT2D eigenvalue weighted by molar-refractivity contribution is -0.139. The first-order chi connectivity index (χ1) is 8.81. The minimum Gasteiger partial charge on any atom is -0.480 e. The molecule has 1 amide bonds. The van der Waals surface area contributed by atoms with Crippen molar-refractivity contribution in [1.29, 1.82) is 0 Å². The minimum atomic E-state index is -1.04. The number of anilines is 1. The van der Waals surface area contributed by atoms with Crippen LogP contribution in [-0.2, 0) is 4.79 Å². The van der Waals surface area contributed by atoms with Crippen LogP contribution < -0.4 is 11.1 Å². The number of hydrogen-bond acceptors (Lipinski definition) is 3. The summed E-state index contributed by atoms with van der Waals surface area (Å²) < 4.78 is 0.577. The van der Waals surface area contributed by atoms with E-state index in [4.69, 9.17) is 10.8 Å². The number of nitrogen functional groups attached to an aromatic ring is 1. The Kier molecular flexibility index (Phi) is 5.35. The number of amides is 1. The first-order valence-electron chi connectivity index (χ1n) is 5.90. The lowest BCUT2D eigenvalue weighted by Crippen LogP contribution is -2.41. The topological polar surface area (TPSA) is 92.4 Å². The Morgan fingerprint density at radius 2 is 2.05 bits per heavy atom. The number of carboxylic acids is 1. The number of carbonyl (C=O) groups excluding carboxylic acids is 1. The van der Waals surface area contributed by atoms with Crippen LogP contribution in [0.5, 0.6) is 0 Å². The monoisotopic (exact) mass is 328 g/mol. The zero-order valence-corrected chi connectivity index (χ0v) is 12.4. The van der Waals surface area contributed by atoms with E-state index in [0.717, 1.165) is 0 Å². The van der Waals surface area contributed by atoms with Crippen molar-refractivity contribution in [2.45, 2.75) is 26.3 Å². The van der Waals surface area contributed by atoms with Gasteiger partial charge in [0.1, 0.15) is 6.04 Å². The van der Waals surface area contributed by atoms with Gasteiger partial charge in [0.2, 0.25) is 0 Å². The van der Waals surface area contributed by atoms with E-state index in [9.17, 15) is 9.59 Å². The molecule has 6 heteroatoms. The number of hydrogen-bond donors (Lipinski definition) is 3. The van der Waals surface area contributed by atoms with Crippen LogP contribution in [-0.4, -0.2) is 23.0 Å². The number of aliphatic carboxylic acids is 1. The van der Waals surface area contributed by atoms with Crippen molar-refractivity contribution in [2.24, 2.45) is 5.92 Å². The number of carboxylic acid groups (broad SMARTS) is 1. The molecule has 0 aliphatic rings. The highest BCUT2D eigenvalue weighted by atomic mass is 79.9. The molecular formula is C13H17BrN2O3. The number of benzene rings is 1. The van der Waals surface area contributed by atoms with Crippen LogP contribution in [0.25, 0.3) is 0 Å². The molecule has 5 nitrogen and oxygen atoms in total. The van der Waals surface area contributed by atoms with Gasteiger partial charge in [-0.05, 0) is 46.5 Å². The van der Waals surface area contributed by atoms with E-state index >= 15 is 0 Å². The van der Waals surface area contributed by atoms with Gasteiger partial charge < -0.3 is 16.2 Å². The van der Waals surface area contributed by atoms with Crippen LogP contribution in [0.1, 0.15) is 30.6 Å². The van der Waals surface area contributed by atoms with Gasteiger partial charge in [0.25, 0.3) is 5.91 Å². The molecule has 104 valence electrons. The second kappa shape index (κ2) is 6.56. The van der Waals surface area contributed by atoms with E-state index in [-0.39, 0.29) is 5.92 Å². The number of carbonyl (C=O) groups is 2. The van der Waals surface area contributed by atoms with Crippen LogP contribution >= 0.6 is 15.9 Å². The molecule has 0 spiro atoms. The van der Waals surface area contributed by atoms with Gasteiger partial charge in [0, 0.05) is 10.2 Å². The molecular weight excluding hydrogens is 312 g/mol. The fraction of sp³-hybridized carbons (Fsp3) is 0.385. The quantitative estimate of drug-likeness (QED) is 0.723. The molecule has 1 aromatic rings. The summed E-state index contributed by atoms with van der Waals surface area (Å²) in [6, 6.07) is 3.92. The third kappa shape index (κ3) is 4.55. The summed E-state index contributed by atoms with van der Waals surface area (Å²) >= 11 is 3.25. The number of nitrogens with one attached hydrogen (secondary N) is 1. The molecule has 1 aromatic carbocycles. The Morgan fingerprint density at radius 3 is 2.58 bits per heavy atom. The van der Waals surface area contributed by atoms with Crippen molar-refractivity contribution in [3.05, 3.63) is 28.2 Å². The SMILES string of the molecule is CC(C)CC(NC(=O)c1cc(N)ccc1Br)C(=O)O. The van der Waals surface area contributed by atoms with Crippen molar-refractivity contribution in [3.8, 4) is 0 Å². The molecule has 0 fully saturated rings. The maximum absolute atomic E-state index is 12.1. The molecule has 0 radical (unpaired) electrons. The maximum atomic E-state index is 12.1. The Morgan fingerprint density at radius 1 is 1.42 bits per heavy atom. The summed E-state index contributed by atoms with van der Waals surface area (Å²) in [6.07, 6.45) is 0.376. The number of halogens is 1. The van der Waals surface area contributed by atoms with Gasteiger partial charge in [-0.3, -0.25) is 4.79 Å². The maximum Gasteiger partial charge on any atom is 0.326 e. The first kappa shape index (κ1) is 15.5. The summed E-state index contributed by atoms with van der Waals surface area (Å²) in [4.78, 5) is 23.2. The van der Waals surface area contributed by atoms with Crippen molar-refractivity contribution in [3.63, 3.8) is 0 Å². The Labute approximate surface area is 120 Å². The fourth-order valence-corrected chi connectivity index (χ4v) is 2.07. The van der Waals surface area contributed by atoms with Crippen LogP contribution in [0, 0.1) is 5.92 Å². The molecule has 0 heterocycles. The van der Waals surface area contributed by atoms with Crippen LogP contribution in [0.4, 0.5) is 5.69 Å². The van der Waals surface area contributed by atoms with Crippen molar-refractivity contribution < 1.29 is 14.7 Å². The molecule has 0 bridgehead atoms. The third-order valence-electron chi connectivity index (χ3n) is 2.55. The van der Waals surface area contributed by atoms with E-state index in [2.05, 4.69) is 21.2 Å². The van der Waals surface area contributed by atoms with Crippen LogP contribution in [0.3, 0.4) is 0 Å². The lowest BCUT2D eigenvalue weighted by Gasteiger charge is -2.17. The van der Waals surface area contributed by atoms with Gasteiger partial charge in [-0.15, -0.1) is 0 Å². The summed E-state index contributed by atoms with van der Waals surface area (Å²) in [5, 5.41) is 11.6. The average Bonchev–Trinajstić information content (AvgIpc) is 2.30. The van der Waals surface area contributed by atoms with E-state index in [1.54, 1.807) is 12.1 Å². The van der Waals surface area contributed by atoms with Gasteiger partial charge in [-0.1, -0.05) is 13.8 Å². The normalized spacial score (nSPS) is 12.2. The predicted octanol–water partition coefficient (Wildman–Crippen LogP) is 2.26. The van der Waals surface area contributed by atoms with E-state index in [0.29, 0.717) is 22.1 Å². The highest BCUT2D eigenvalue weighted by Crippen LogP contribution is 2.20. The van der Waals surface area contributed by atoms with Crippen LogP contribution in [0.2, 0.25) is 0 Å².